The van der Waals surface area contributed by atoms with Gasteiger partial charge in [-0.15, -0.1) is 11.3 Å². The van der Waals surface area contributed by atoms with E-state index in [1.807, 2.05) is 0 Å². The van der Waals surface area contributed by atoms with E-state index in [0.717, 1.165) is 6.42 Å². The van der Waals surface area contributed by atoms with Gasteiger partial charge in [0.2, 0.25) is 11.8 Å². The fourth-order valence-corrected chi connectivity index (χ4v) is 6.07. The van der Waals surface area contributed by atoms with E-state index >= 15 is 0 Å². The first kappa shape index (κ1) is 16.2. The number of hydrogen-bond donors (Lipinski definition) is 0. The van der Waals surface area contributed by atoms with Crippen LogP contribution in [0.1, 0.15) is 16.1 Å². The third kappa shape index (κ3) is 2.09. The Morgan fingerprint density at radius 2 is 1.64 bits per heavy atom. The standard InChI is InChI=1S/C22H17NO4S/c24-20-18-11-7-8-12(14-10-13(11)14)19(18)21(25)23(20)15-4-1-2-5-16(15)27-22(26)17-6-3-9-28-17/h1-9,11-14,18-19H,10H2/t11-,12-,13-,14+,18-,19+/m1/s1. The Hall–Kier alpha value is -2.73. The van der Waals surface area contributed by atoms with Crippen molar-refractivity contribution in [1.29, 1.82) is 0 Å². The Bertz CT molecular complexity index is 1010. The molecular formula is C22H17NO4S. The van der Waals surface area contributed by atoms with Crippen molar-refractivity contribution in [3.8, 4) is 5.75 Å². The lowest BCUT2D eigenvalue weighted by Gasteiger charge is -2.37. The van der Waals surface area contributed by atoms with Crippen molar-refractivity contribution in [1.82, 2.24) is 0 Å². The van der Waals surface area contributed by atoms with Crippen molar-refractivity contribution in [3.63, 3.8) is 0 Å². The summed E-state index contributed by atoms with van der Waals surface area (Å²) in [5.74, 6) is 0.358. The minimum Gasteiger partial charge on any atom is -0.420 e. The molecule has 1 aliphatic heterocycles. The molecule has 28 heavy (non-hydrogen) atoms. The second-order valence-electron chi connectivity index (χ2n) is 8.00. The van der Waals surface area contributed by atoms with Crippen LogP contribution in [0.15, 0.2) is 53.9 Å². The molecule has 2 amide bonds. The summed E-state index contributed by atoms with van der Waals surface area (Å²) in [5, 5.41) is 1.80. The Morgan fingerprint density at radius 3 is 2.29 bits per heavy atom. The second kappa shape index (κ2) is 5.64. The summed E-state index contributed by atoms with van der Waals surface area (Å²) in [6.07, 6.45) is 5.43. The van der Waals surface area contributed by atoms with E-state index in [0.29, 0.717) is 22.4 Å². The molecule has 7 rings (SSSR count). The van der Waals surface area contributed by atoms with Crippen molar-refractivity contribution < 1.29 is 19.1 Å². The van der Waals surface area contributed by atoms with E-state index in [1.54, 1.807) is 41.8 Å². The van der Waals surface area contributed by atoms with Crippen molar-refractivity contribution in [3.05, 3.63) is 58.8 Å². The number of thiophene rings is 1. The third-order valence-electron chi connectivity index (χ3n) is 6.69. The van der Waals surface area contributed by atoms with E-state index in [2.05, 4.69) is 12.2 Å². The smallest absolute Gasteiger partial charge is 0.353 e. The number of benzene rings is 1. The quantitative estimate of drug-likeness (QED) is 0.348. The van der Waals surface area contributed by atoms with Crippen LogP contribution in [0.5, 0.6) is 5.75 Å². The Labute approximate surface area is 165 Å². The number of ether oxygens (including phenoxy) is 1. The molecule has 2 heterocycles. The number of allylic oxidation sites excluding steroid dienone is 2. The molecule has 1 saturated heterocycles. The van der Waals surface area contributed by atoms with Crippen molar-refractivity contribution in [2.45, 2.75) is 6.42 Å². The first-order valence-corrected chi connectivity index (χ1v) is 10.4. The molecule has 2 saturated carbocycles. The lowest BCUT2D eigenvalue weighted by Crippen LogP contribution is -2.40. The van der Waals surface area contributed by atoms with Crippen molar-refractivity contribution in [2.24, 2.45) is 35.5 Å². The van der Waals surface area contributed by atoms with Gasteiger partial charge in [0, 0.05) is 0 Å². The highest BCUT2D eigenvalue weighted by Gasteiger charge is 2.67. The first-order chi connectivity index (χ1) is 13.6. The van der Waals surface area contributed by atoms with Gasteiger partial charge in [-0.1, -0.05) is 30.4 Å². The lowest BCUT2D eigenvalue weighted by molar-refractivity contribution is -0.124. The number of esters is 1. The van der Waals surface area contributed by atoms with Crippen LogP contribution in [-0.4, -0.2) is 17.8 Å². The van der Waals surface area contributed by atoms with Crippen molar-refractivity contribution in [2.75, 3.05) is 4.90 Å². The number of carbonyl (C=O) groups excluding carboxylic acids is 3. The lowest BCUT2D eigenvalue weighted by atomic mass is 9.63. The fraction of sp³-hybridized carbons (Fsp3) is 0.318. The third-order valence-corrected chi connectivity index (χ3v) is 7.54. The minimum absolute atomic E-state index is 0.153. The van der Waals surface area contributed by atoms with Crippen LogP contribution in [-0.2, 0) is 9.59 Å². The molecule has 0 unspecified atom stereocenters. The highest BCUT2D eigenvalue weighted by Crippen LogP contribution is 2.65. The Kier molecular flexibility index (Phi) is 3.27. The maximum atomic E-state index is 13.3. The Balaban J connectivity index is 1.36. The van der Waals surface area contributed by atoms with Crippen LogP contribution in [0.2, 0.25) is 0 Å². The maximum absolute atomic E-state index is 13.3. The zero-order chi connectivity index (χ0) is 19.0. The first-order valence-electron chi connectivity index (χ1n) is 9.56. The number of hydrogen-bond acceptors (Lipinski definition) is 5. The summed E-state index contributed by atoms with van der Waals surface area (Å²) >= 11 is 1.29. The molecule has 6 atom stereocenters. The molecule has 4 aliphatic carbocycles. The predicted molar refractivity (Wildman–Crippen MR) is 103 cm³/mol. The predicted octanol–water partition coefficient (Wildman–Crippen LogP) is 3.52. The highest BCUT2D eigenvalue weighted by molar-refractivity contribution is 7.12. The zero-order valence-corrected chi connectivity index (χ0v) is 15.7. The fourth-order valence-electron chi connectivity index (χ4n) is 5.47. The van der Waals surface area contributed by atoms with E-state index < -0.39 is 5.97 Å². The zero-order valence-electron chi connectivity index (χ0n) is 14.9. The second-order valence-corrected chi connectivity index (χ2v) is 8.95. The van der Waals surface area contributed by atoms with Crippen LogP contribution < -0.4 is 9.64 Å². The SMILES string of the molecule is O=C(Oc1ccccc1N1C(=O)[C@@H]2[C@@H]3C=C[C@H]([C@@H]4C[C@H]34)[C@@H]2C1=O)c1cccs1. The number of amides is 2. The van der Waals surface area contributed by atoms with E-state index in [9.17, 15) is 14.4 Å². The summed E-state index contributed by atoms with van der Waals surface area (Å²) in [4.78, 5) is 40.8. The maximum Gasteiger partial charge on any atom is 0.353 e. The van der Waals surface area contributed by atoms with Gasteiger partial charge in [0.15, 0.2) is 5.75 Å². The van der Waals surface area contributed by atoms with E-state index in [-0.39, 0.29) is 41.2 Å². The number of imide groups is 1. The number of nitrogens with zero attached hydrogens (tertiary/aromatic N) is 1. The minimum atomic E-state index is -0.484. The summed E-state index contributed by atoms with van der Waals surface area (Å²) < 4.78 is 5.56. The molecule has 0 spiro atoms. The monoisotopic (exact) mass is 391 g/mol. The molecule has 0 N–H and O–H groups in total. The van der Waals surface area contributed by atoms with Gasteiger partial charge < -0.3 is 4.74 Å². The largest absolute Gasteiger partial charge is 0.420 e. The molecular weight excluding hydrogens is 374 g/mol. The van der Waals surface area contributed by atoms with E-state index in [4.69, 9.17) is 4.74 Å². The van der Waals surface area contributed by atoms with Crippen LogP contribution in [0.4, 0.5) is 5.69 Å². The molecule has 5 aliphatic rings. The van der Waals surface area contributed by atoms with Crippen molar-refractivity contribution >= 4 is 34.8 Å². The molecule has 2 bridgehead atoms. The number of carbonyl (C=O) groups is 3. The van der Waals surface area contributed by atoms with E-state index in [1.165, 1.54) is 16.2 Å². The average molecular weight is 391 g/mol. The van der Waals surface area contributed by atoms with Gasteiger partial charge in [0.1, 0.15) is 4.88 Å². The van der Waals surface area contributed by atoms with Crippen LogP contribution in [0, 0.1) is 35.5 Å². The van der Waals surface area contributed by atoms with Crippen LogP contribution >= 0.6 is 11.3 Å². The normalized spacial score (nSPS) is 34.4. The number of anilines is 1. The summed E-state index contributed by atoms with van der Waals surface area (Å²) in [6.45, 7) is 0. The molecule has 3 fully saturated rings. The summed E-state index contributed by atoms with van der Waals surface area (Å²) in [7, 11) is 0. The molecule has 140 valence electrons. The molecule has 6 heteroatoms. The van der Waals surface area contributed by atoms with Gasteiger partial charge in [0.25, 0.3) is 0 Å². The number of para-hydroxylation sites is 2. The van der Waals surface area contributed by atoms with Gasteiger partial charge in [-0.3, -0.25) is 9.59 Å². The Morgan fingerprint density at radius 1 is 0.964 bits per heavy atom. The van der Waals surface area contributed by atoms with Gasteiger partial charge >= 0.3 is 5.97 Å². The number of rotatable bonds is 3. The summed E-state index contributed by atoms with van der Waals surface area (Å²) in [5.41, 5.74) is 0.366. The van der Waals surface area contributed by atoms with Gasteiger partial charge in [-0.2, -0.15) is 0 Å². The molecule has 5 nitrogen and oxygen atoms in total. The molecule has 1 aromatic carbocycles. The van der Waals surface area contributed by atoms with Crippen LogP contribution in [0.3, 0.4) is 0 Å². The molecule has 1 aromatic heterocycles. The van der Waals surface area contributed by atoms with Gasteiger partial charge in [0.05, 0.1) is 17.5 Å². The highest BCUT2D eigenvalue weighted by atomic mass is 32.1. The topological polar surface area (TPSA) is 63.7 Å². The molecule has 2 aromatic rings. The average Bonchev–Trinajstić information content (AvgIpc) is 3.27. The van der Waals surface area contributed by atoms with Gasteiger partial charge in [-0.05, 0) is 53.7 Å². The van der Waals surface area contributed by atoms with Crippen LogP contribution in [0.25, 0.3) is 0 Å². The molecule has 0 radical (unpaired) electrons. The van der Waals surface area contributed by atoms with Gasteiger partial charge in [-0.25, -0.2) is 9.69 Å². The summed E-state index contributed by atoms with van der Waals surface area (Å²) in [6, 6.07) is 10.3.